The Hall–Kier alpha value is -3.07. The number of nitrogens with two attached hydrogens (primary N) is 1. The zero-order chi connectivity index (χ0) is 23.7. The molecule has 174 valence electrons. The van der Waals surface area contributed by atoms with Crippen LogP contribution in [0.15, 0.2) is 46.8 Å². The topological polar surface area (TPSA) is 112 Å². The zero-order valence-corrected chi connectivity index (χ0v) is 19.8. The molecule has 0 fully saturated rings. The minimum Gasteiger partial charge on any atom is -0.493 e. The molecule has 8 nitrogen and oxygen atoms in total. The number of esters is 2. The van der Waals surface area contributed by atoms with Crippen LogP contribution in [0.4, 0.5) is 0 Å². The van der Waals surface area contributed by atoms with E-state index in [-0.39, 0.29) is 18.3 Å². The van der Waals surface area contributed by atoms with Crippen molar-refractivity contribution in [1.82, 2.24) is 10.6 Å². The van der Waals surface area contributed by atoms with Crippen molar-refractivity contribution in [1.29, 1.82) is 0 Å². The van der Waals surface area contributed by atoms with E-state index in [2.05, 4.69) is 10.6 Å². The molecule has 0 saturated carbocycles. The SMILES string of the molecule is CCOC(=O)C1=C(C)NC(C)=C(C(=O)OCC)C1c1ccccc1OCCCNC(N)=S. The minimum atomic E-state index is -0.694. The van der Waals surface area contributed by atoms with Gasteiger partial charge >= 0.3 is 11.9 Å². The summed E-state index contributed by atoms with van der Waals surface area (Å²) in [7, 11) is 0. The van der Waals surface area contributed by atoms with Crippen molar-refractivity contribution >= 4 is 29.3 Å². The Morgan fingerprint density at radius 2 is 1.62 bits per heavy atom. The van der Waals surface area contributed by atoms with Gasteiger partial charge in [-0.05, 0) is 52.4 Å². The summed E-state index contributed by atoms with van der Waals surface area (Å²) < 4.78 is 16.7. The van der Waals surface area contributed by atoms with Crippen LogP contribution in [-0.4, -0.2) is 43.4 Å². The average molecular weight is 462 g/mol. The molecule has 0 spiro atoms. The Kier molecular flexibility index (Phi) is 9.52. The van der Waals surface area contributed by atoms with Gasteiger partial charge < -0.3 is 30.6 Å². The second-order valence-electron chi connectivity index (χ2n) is 7.11. The summed E-state index contributed by atoms with van der Waals surface area (Å²) in [4.78, 5) is 25.9. The summed E-state index contributed by atoms with van der Waals surface area (Å²) in [5.41, 5.74) is 8.07. The van der Waals surface area contributed by atoms with E-state index in [0.29, 0.717) is 53.4 Å². The van der Waals surface area contributed by atoms with Crippen molar-refractivity contribution in [3.63, 3.8) is 0 Å². The van der Waals surface area contributed by atoms with Gasteiger partial charge in [-0.25, -0.2) is 9.59 Å². The maximum atomic E-state index is 12.9. The van der Waals surface area contributed by atoms with Crippen LogP contribution in [-0.2, 0) is 19.1 Å². The van der Waals surface area contributed by atoms with E-state index in [0.717, 1.165) is 0 Å². The van der Waals surface area contributed by atoms with Gasteiger partial charge in [-0.2, -0.15) is 0 Å². The molecule has 0 unspecified atom stereocenters. The number of carbonyl (C=O) groups excluding carboxylic acids is 2. The van der Waals surface area contributed by atoms with Gasteiger partial charge in [0.15, 0.2) is 5.11 Å². The Morgan fingerprint density at radius 3 is 2.16 bits per heavy atom. The van der Waals surface area contributed by atoms with Crippen molar-refractivity contribution in [3.05, 3.63) is 52.4 Å². The molecule has 1 aliphatic rings. The predicted octanol–water partition coefficient (Wildman–Crippen LogP) is 2.65. The molecule has 1 aromatic carbocycles. The second-order valence-corrected chi connectivity index (χ2v) is 7.55. The number of thiocarbonyl (C=S) groups is 1. The molecule has 9 heteroatoms. The number of hydrogen-bond donors (Lipinski definition) is 3. The number of para-hydroxylation sites is 1. The van der Waals surface area contributed by atoms with Crippen molar-refractivity contribution in [2.75, 3.05) is 26.4 Å². The van der Waals surface area contributed by atoms with Crippen molar-refractivity contribution in [2.24, 2.45) is 5.73 Å². The first-order valence-electron chi connectivity index (χ1n) is 10.6. The van der Waals surface area contributed by atoms with Gasteiger partial charge in [0.05, 0.1) is 36.9 Å². The number of allylic oxidation sites excluding steroid dienone is 2. The van der Waals surface area contributed by atoms with Gasteiger partial charge in [0, 0.05) is 23.5 Å². The van der Waals surface area contributed by atoms with Crippen LogP contribution in [0.3, 0.4) is 0 Å². The van der Waals surface area contributed by atoms with Crippen LogP contribution in [0.2, 0.25) is 0 Å². The van der Waals surface area contributed by atoms with Crippen LogP contribution < -0.4 is 21.1 Å². The summed E-state index contributed by atoms with van der Waals surface area (Å²) in [5.74, 6) is -1.11. The molecular weight excluding hydrogens is 430 g/mol. The standard InChI is InChI=1S/C23H31N3O5S/c1-5-29-21(27)18-14(3)26-15(4)19(22(28)30-6-2)20(18)16-10-7-8-11-17(16)31-13-9-12-25-23(24)32/h7-8,10-11,20,26H,5-6,9,12-13H2,1-4H3,(H3,24,25,32). The van der Waals surface area contributed by atoms with Crippen LogP contribution in [0.1, 0.15) is 45.6 Å². The van der Waals surface area contributed by atoms with Gasteiger partial charge in [-0.1, -0.05) is 18.2 Å². The molecule has 0 bridgehead atoms. The highest BCUT2D eigenvalue weighted by Gasteiger charge is 2.39. The lowest BCUT2D eigenvalue weighted by Crippen LogP contribution is -2.33. The smallest absolute Gasteiger partial charge is 0.336 e. The van der Waals surface area contributed by atoms with Crippen LogP contribution in [0.25, 0.3) is 0 Å². The largest absolute Gasteiger partial charge is 0.493 e. The number of ether oxygens (including phenoxy) is 3. The van der Waals surface area contributed by atoms with Gasteiger partial charge in [0.1, 0.15) is 5.75 Å². The normalized spacial score (nSPS) is 14.0. The van der Waals surface area contributed by atoms with Crippen molar-refractivity contribution in [2.45, 2.75) is 40.0 Å². The molecule has 1 heterocycles. The quantitative estimate of drug-likeness (QED) is 0.275. The molecule has 0 amide bonds. The van der Waals surface area contributed by atoms with E-state index in [9.17, 15) is 9.59 Å². The Balaban J connectivity index is 2.47. The minimum absolute atomic E-state index is 0.216. The molecule has 32 heavy (non-hydrogen) atoms. The third-order valence-corrected chi connectivity index (χ3v) is 5.00. The highest BCUT2D eigenvalue weighted by molar-refractivity contribution is 7.80. The second kappa shape index (κ2) is 12.1. The molecule has 2 rings (SSSR count). The third-order valence-electron chi connectivity index (χ3n) is 4.86. The van der Waals surface area contributed by atoms with E-state index < -0.39 is 17.9 Å². The maximum absolute atomic E-state index is 12.9. The monoisotopic (exact) mass is 461 g/mol. The van der Waals surface area contributed by atoms with E-state index in [1.165, 1.54) is 0 Å². The lowest BCUT2D eigenvalue weighted by Gasteiger charge is -2.31. The summed E-state index contributed by atoms with van der Waals surface area (Å²) in [5, 5.41) is 6.24. The number of carbonyl (C=O) groups is 2. The molecule has 1 aliphatic heterocycles. The highest BCUT2D eigenvalue weighted by Crippen LogP contribution is 2.42. The summed E-state index contributed by atoms with van der Waals surface area (Å²) in [6, 6.07) is 7.34. The summed E-state index contributed by atoms with van der Waals surface area (Å²) in [6.45, 7) is 8.46. The van der Waals surface area contributed by atoms with E-state index >= 15 is 0 Å². The highest BCUT2D eigenvalue weighted by atomic mass is 32.1. The van der Waals surface area contributed by atoms with Gasteiger partial charge in [-0.15, -0.1) is 0 Å². The van der Waals surface area contributed by atoms with Crippen LogP contribution in [0.5, 0.6) is 5.75 Å². The lowest BCUT2D eigenvalue weighted by atomic mass is 9.80. The molecule has 0 atom stereocenters. The number of benzene rings is 1. The fourth-order valence-corrected chi connectivity index (χ4v) is 3.68. The predicted molar refractivity (Wildman–Crippen MR) is 126 cm³/mol. The summed E-state index contributed by atoms with van der Waals surface area (Å²) in [6.07, 6.45) is 0.664. The van der Waals surface area contributed by atoms with Crippen molar-refractivity contribution in [3.8, 4) is 5.75 Å². The number of nitrogens with one attached hydrogen (secondary N) is 2. The van der Waals surface area contributed by atoms with Gasteiger partial charge in [0.25, 0.3) is 0 Å². The van der Waals surface area contributed by atoms with E-state index in [1.807, 2.05) is 24.3 Å². The number of hydrogen-bond acceptors (Lipinski definition) is 7. The average Bonchev–Trinajstić information content (AvgIpc) is 2.73. The van der Waals surface area contributed by atoms with E-state index in [4.69, 9.17) is 32.2 Å². The maximum Gasteiger partial charge on any atom is 0.336 e. The first-order valence-corrected chi connectivity index (χ1v) is 11.0. The summed E-state index contributed by atoms with van der Waals surface area (Å²) >= 11 is 4.81. The molecular formula is C23H31N3O5S. The lowest BCUT2D eigenvalue weighted by molar-refractivity contribution is -0.139. The third kappa shape index (κ3) is 6.23. The van der Waals surface area contributed by atoms with Crippen LogP contribution in [0, 0.1) is 0 Å². The van der Waals surface area contributed by atoms with Crippen LogP contribution >= 0.6 is 12.2 Å². The van der Waals surface area contributed by atoms with Gasteiger partial charge in [-0.3, -0.25) is 0 Å². The first-order chi connectivity index (χ1) is 15.3. The Bertz CT molecular complexity index is 886. The fraction of sp³-hybridized carbons (Fsp3) is 0.435. The van der Waals surface area contributed by atoms with E-state index in [1.54, 1.807) is 27.7 Å². The van der Waals surface area contributed by atoms with Crippen molar-refractivity contribution < 1.29 is 23.8 Å². The number of rotatable bonds is 10. The molecule has 0 aliphatic carbocycles. The molecule has 1 aromatic rings. The Morgan fingerprint density at radius 1 is 1.06 bits per heavy atom. The fourth-order valence-electron chi connectivity index (χ4n) is 3.58. The first kappa shape index (κ1) is 25.2. The molecule has 0 saturated heterocycles. The molecule has 0 radical (unpaired) electrons. The molecule has 4 N–H and O–H groups in total. The molecule has 0 aromatic heterocycles. The Labute approximate surface area is 194 Å². The van der Waals surface area contributed by atoms with Gasteiger partial charge in [0.2, 0.25) is 0 Å². The number of dihydropyridines is 1. The zero-order valence-electron chi connectivity index (χ0n) is 18.9.